The molecule has 0 saturated carbocycles. The monoisotopic (exact) mass is 366 g/mol. The largest absolute Gasteiger partial charge is 0.474 e. The molecule has 7 heteroatoms. The molecule has 4 heterocycles. The molecule has 1 N–H and O–H groups in total. The number of aromatic amines is 1. The van der Waals surface area contributed by atoms with Crippen LogP contribution in [0.5, 0.6) is 5.88 Å². The van der Waals surface area contributed by atoms with Crippen LogP contribution in [0.3, 0.4) is 0 Å². The van der Waals surface area contributed by atoms with Crippen LogP contribution in [0.4, 0.5) is 0 Å². The fourth-order valence-electron chi connectivity index (χ4n) is 3.74. The maximum absolute atomic E-state index is 13.1. The molecule has 4 rings (SSSR count). The van der Waals surface area contributed by atoms with Crippen molar-refractivity contribution >= 4 is 16.8 Å². The van der Waals surface area contributed by atoms with E-state index < -0.39 is 0 Å². The Hall–Kier alpha value is -3.09. The van der Waals surface area contributed by atoms with Gasteiger partial charge in [-0.1, -0.05) is 6.07 Å². The molecule has 7 nitrogen and oxygen atoms in total. The zero-order chi connectivity index (χ0) is 19.0. The average molecular weight is 366 g/mol. The van der Waals surface area contributed by atoms with Gasteiger partial charge in [-0.2, -0.15) is 0 Å². The van der Waals surface area contributed by atoms with Gasteiger partial charge in [0, 0.05) is 57.6 Å². The normalized spacial score (nSPS) is 15.3. The zero-order valence-corrected chi connectivity index (χ0v) is 15.4. The second kappa shape index (κ2) is 6.90. The molecule has 0 bridgehead atoms. The minimum Gasteiger partial charge on any atom is -0.474 e. The maximum atomic E-state index is 13.1. The van der Waals surface area contributed by atoms with Crippen molar-refractivity contribution in [3.8, 4) is 5.88 Å². The van der Waals surface area contributed by atoms with Crippen molar-refractivity contribution in [3.63, 3.8) is 0 Å². The first-order valence-corrected chi connectivity index (χ1v) is 9.09. The number of H-pyrrole nitrogens is 1. The quantitative estimate of drug-likeness (QED) is 0.771. The van der Waals surface area contributed by atoms with Gasteiger partial charge in [-0.25, -0.2) is 4.98 Å². The number of likely N-dealkylation sites (tertiary alicyclic amines) is 1. The minimum atomic E-state index is -0.229. The smallest absolute Gasteiger partial charge is 0.258 e. The molecule has 1 amide bonds. The molecule has 0 unspecified atom stereocenters. The van der Waals surface area contributed by atoms with E-state index in [0.29, 0.717) is 29.9 Å². The molecule has 1 aliphatic rings. The third-order valence-corrected chi connectivity index (χ3v) is 5.09. The van der Waals surface area contributed by atoms with Crippen LogP contribution in [0.1, 0.15) is 28.8 Å². The van der Waals surface area contributed by atoms with Crippen LogP contribution in [0.15, 0.2) is 41.6 Å². The molecule has 1 fully saturated rings. The lowest BCUT2D eigenvalue weighted by Gasteiger charge is -2.31. The number of carbonyl (C=O) groups excluding carboxylic acids is 1. The number of ether oxygens (including phenoxy) is 1. The number of piperidine rings is 1. The fourth-order valence-corrected chi connectivity index (χ4v) is 3.74. The molecule has 0 spiro atoms. The second-order valence-corrected chi connectivity index (χ2v) is 6.96. The molecule has 3 aromatic heterocycles. The van der Waals surface area contributed by atoms with Crippen LogP contribution < -0.4 is 10.3 Å². The van der Waals surface area contributed by atoms with E-state index in [-0.39, 0.29) is 17.6 Å². The number of nitrogens with zero attached hydrogens (tertiary/aromatic N) is 3. The molecule has 1 saturated heterocycles. The third kappa shape index (κ3) is 3.20. The lowest BCUT2D eigenvalue weighted by Crippen LogP contribution is -2.42. The van der Waals surface area contributed by atoms with Crippen LogP contribution in [-0.4, -0.2) is 44.5 Å². The summed E-state index contributed by atoms with van der Waals surface area (Å²) in [5.74, 6) is 0.506. The first-order valence-electron chi connectivity index (χ1n) is 9.09. The van der Waals surface area contributed by atoms with Crippen molar-refractivity contribution in [2.24, 2.45) is 7.05 Å². The van der Waals surface area contributed by atoms with Gasteiger partial charge in [-0.3, -0.25) is 9.59 Å². The Balaban J connectivity index is 1.51. The van der Waals surface area contributed by atoms with Crippen molar-refractivity contribution < 1.29 is 9.53 Å². The lowest BCUT2D eigenvalue weighted by atomic mass is 10.1. The maximum Gasteiger partial charge on any atom is 0.258 e. The van der Waals surface area contributed by atoms with Gasteiger partial charge in [-0.05, 0) is 18.6 Å². The summed E-state index contributed by atoms with van der Waals surface area (Å²) in [6.07, 6.45) is 6.66. The Kier molecular flexibility index (Phi) is 4.43. The van der Waals surface area contributed by atoms with Crippen LogP contribution in [0, 0.1) is 6.92 Å². The highest BCUT2D eigenvalue weighted by Crippen LogP contribution is 2.23. The van der Waals surface area contributed by atoms with Crippen molar-refractivity contribution in [1.82, 2.24) is 19.4 Å². The molecule has 3 aromatic rings. The van der Waals surface area contributed by atoms with E-state index >= 15 is 0 Å². The zero-order valence-electron chi connectivity index (χ0n) is 15.4. The van der Waals surface area contributed by atoms with E-state index in [0.717, 1.165) is 23.9 Å². The number of rotatable bonds is 3. The topological polar surface area (TPSA) is 80.2 Å². The predicted molar refractivity (Wildman–Crippen MR) is 102 cm³/mol. The van der Waals surface area contributed by atoms with Crippen LogP contribution in [0.2, 0.25) is 0 Å². The highest BCUT2D eigenvalue weighted by atomic mass is 16.5. The van der Waals surface area contributed by atoms with Gasteiger partial charge in [0.25, 0.3) is 11.5 Å². The molecular formula is C20H22N4O3. The van der Waals surface area contributed by atoms with Gasteiger partial charge in [0.05, 0.1) is 16.5 Å². The van der Waals surface area contributed by atoms with Crippen LogP contribution >= 0.6 is 0 Å². The summed E-state index contributed by atoms with van der Waals surface area (Å²) in [6.45, 7) is 3.11. The molecule has 0 radical (unpaired) electrons. The minimum absolute atomic E-state index is 0.0436. The number of aryl methyl sites for hydroxylation is 2. The second-order valence-electron chi connectivity index (χ2n) is 6.96. The van der Waals surface area contributed by atoms with Crippen molar-refractivity contribution in [1.29, 1.82) is 0 Å². The fraction of sp³-hybridized carbons (Fsp3) is 0.350. The molecule has 27 heavy (non-hydrogen) atoms. The average Bonchev–Trinajstić information content (AvgIpc) is 3.04. The van der Waals surface area contributed by atoms with E-state index in [1.807, 2.05) is 36.7 Å². The summed E-state index contributed by atoms with van der Waals surface area (Å²) < 4.78 is 7.74. The van der Waals surface area contributed by atoms with E-state index in [1.165, 1.54) is 0 Å². The van der Waals surface area contributed by atoms with Crippen molar-refractivity contribution in [2.45, 2.75) is 25.9 Å². The summed E-state index contributed by atoms with van der Waals surface area (Å²) in [5.41, 5.74) is 1.97. The summed E-state index contributed by atoms with van der Waals surface area (Å²) in [4.78, 5) is 34.1. The van der Waals surface area contributed by atoms with E-state index in [2.05, 4.69) is 9.97 Å². The summed E-state index contributed by atoms with van der Waals surface area (Å²) in [7, 11) is 1.86. The van der Waals surface area contributed by atoms with E-state index in [4.69, 9.17) is 4.74 Å². The van der Waals surface area contributed by atoms with Crippen molar-refractivity contribution in [3.05, 3.63) is 58.3 Å². The number of aromatic nitrogens is 3. The predicted octanol–water partition coefficient (Wildman–Crippen LogP) is 2.25. The SMILES string of the molecule is Cc1c[nH]c(=O)c2c(C(=O)N3CCC(Oc4ccccn4)CC3)cn(C)c12. The number of amides is 1. The molecule has 140 valence electrons. The van der Waals surface area contributed by atoms with Gasteiger partial charge in [0.1, 0.15) is 6.10 Å². The summed E-state index contributed by atoms with van der Waals surface area (Å²) in [6, 6.07) is 5.57. The lowest BCUT2D eigenvalue weighted by molar-refractivity contribution is 0.0589. The van der Waals surface area contributed by atoms with Crippen molar-refractivity contribution in [2.75, 3.05) is 13.1 Å². The highest BCUT2D eigenvalue weighted by Gasteiger charge is 2.27. The van der Waals surface area contributed by atoms with Gasteiger partial charge in [0.2, 0.25) is 5.88 Å². The van der Waals surface area contributed by atoms with Crippen LogP contribution in [0.25, 0.3) is 10.9 Å². The first-order chi connectivity index (χ1) is 13.0. The van der Waals surface area contributed by atoms with E-state index in [9.17, 15) is 9.59 Å². The molecule has 0 aromatic carbocycles. The number of hydrogen-bond acceptors (Lipinski definition) is 4. The third-order valence-electron chi connectivity index (χ3n) is 5.09. The Morgan fingerprint density at radius 3 is 2.78 bits per heavy atom. The first kappa shape index (κ1) is 17.3. The number of fused-ring (bicyclic) bond motifs is 1. The molecule has 1 aliphatic heterocycles. The molecule has 0 aliphatic carbocycles. The summed E-state index contributed by atoms with van der Waals surface area (Å²) >= 11 is 0. The Bertz CT molecular complexity index is 1030. The Morgan fingerprint density at radius 2 is 2.07 bits per heavy atom. The standard InChI is InChI=1S/C20H22N4O3/c1-13-11-22-19(25)17-15(12-23(2)18(13)17)20(26)24-9-6-14(7-10-24)27-16-5-3-4-8-21-16/h3-5,8,11-12,14H,6-7,9-10H2,1-2H3,(H,22,25). The molecule has 0 atom stereocenters. The van der Waals surface area contributed by atoms with Gasteiger partial charge >= 0.3 is 0 Å². The number of carbonyl (C=O) groups is 1. The van der Waals surface area contributed by atoms with E-state index in [1.54, 1.807) is 23.5 Å². The number of pyridine rings is 2. The Morgan fingerprint density at radius 1 is 1.30 bits per heavy atom. The number of hydrogen-bond donors (Lipinski definition) is 1. The molecular weight excluding hydrogens is 344 g/mol. The number of nitrogens with one attached hydrogen (secondary N) is 1. The highest BCUT2D eigenvalue weighted by molar-refractivity contribution is 6.07. The Labute approximate surface area is 156 Å². The van der Waals surface area contributed by atoms with Gasteiger partial charge in [0.15, 0.2) is 0 Å². The van der Waals surface area contributed by atoms with Gasteiger partial charge in [-0.15, -0.1) is 0 Å². The summed E-state index contributed by atoms with van der Waals surface area (Å²) in [5, 5.41) is 0.467. The van der Waals surface area contributed by atoms with Gasteiger partial charge < -0.3 is 19.2 Å². The van der Waals surface area contributed by atoms with Crippen LogP contribution in [-0.2, 0) is 7.05 Å².